The maximum atomic E-state index is 10.6. The van der Waals surface area contributed by atoms with Crippen LogP contribution in [0.4, 0.5) is 0 Å². The standard InChI is InChI=1S/C18H26O7/c1-3-21-11-22-9-13-15(19)18(20-2)24-14-10-23-17(25-16(13)14)12-7-5-4-6-8-12/h4-8,13-19H,3,9-11H2,1-2H3/t13-,14?,15+,16+,17?,18-/m1/s1. The predicted molar refractivity (Wildman–Crippen MR) is 87.6 cm³/mol. The lowest BCUT2D eigenvalue weighted by molar-refractivity contribution is -0.354. The third kappa shape index (κ3) is 4.38. The van der Waals surface area contributed by atoms with Gasteiger partial charge in [0.25, 0.3) is 0 Å². The molecule has 0 spiro atoms. The Morgan fingerprint density at radius 1 is 1.16 bits per heavy atom. The minimum absolute atomic E-state index is 0.175. The van der Waals surface area contributed by atoms with Gasteiger partial charge in [-0.2, -0.15) is 0 Å². The first kappa shape index (κ1) is 18.7. The summed E-state index contributed by atoms with van der Waals surface area (Å²) in [6, 6.07) is 9.71. The molecule has 1 aromatic carbocycles. The third-order valence-electron chi connectivity index (χ3n) is 4.49. The molecule has 2 aliphatic rings. The zero-order valence-corrected chi connectivity index (χ0v) is 14.6. The number of rotatable bonds is 7. The van der Waals surface area contributed by atoms with Gasteiger partial charge in [0.05, 0.1) is 19.3 Å². The minimum Gasteiger partial charge on any atom is -0.387 e. The van der Waals surface area contributed by atoms with E-state index in [1.54, 1.807) is 0 Å². The molecule has 0 aliphatic carbocycles. The van der Waals surface area contributed by atoms with Crippen LogP contribution in [0.2, 0.25) is 0 Å². The first-order valence-electron chi connectivity index (χ1n) is 8.58. The topological polar surface area (TPSA) is 75.6 Å². The average Bonchev–Trinajstić information content (AvgIpc) is 2.66. The number of methoxy groups -OCH3 is 1. The second-order valence-corrected chi connectivity index (χ2v) is 6.09. The summed E-state index contributed by atoms with van der Waals surface area (Å²) in [5.74, 6) is -0.306. The minimum atomic E-state index is -0.859. The summed E-state index contributed by atoms with van der Waals surface area (Å²) in [4.78, 5) is 0. The lowest BCUT2D eigenvalue weighted by Gasteiger charge is -2.47. The third-order valence-corrected chi connectivity index (χ3v) is 4.49. The molecule has 140 valence electrons. The normalized spacial score (nSPS) is 35.3. The molecule has 2 saturated heterocycles. The molecule has 2 fully saturated rings. The molecule has 0 amide bonds. The lowest BCUT2D eigenvalue weighted by Crippen LogP contribution is -2.60. The van der Waals surface area contributed by atoms with Crippen molar-refractivity contribution in [3.8, 4) is 0 Å². The second-order valence-electron chi connectivity index (χ2n) is 6.09. The summed E-state index contributed by atoms with van der Waals surface area (Å²) in [6.45, 7) is 3.29. The van der Waals surface area contributed by atoms with Gasteiger partial charge in [0.2, 0.25) is 0 Å². The summed E-state index contributed by atoms with van der Waals surface area (Å²) < 4.78 is 33.7. The van der Waals surface area contributed by atoms with E-state index >= 15 is 0 Å². The molecule has 0 aromatic heterocycles. The van der Waals surface area contributed by atoms with Gasteiger partial charge in [-0.15, -0.1) is 0 Å². The summed E-state index contributed by atoms with van der Waals surface area (Å²) >= 11 is 0. The molecule has 2 unspecified atom stereocenters. The van der Waals surface area contributed by atoms with Crippen molar-refractivity contribution in [1.82, 2.24) is 0 Å². The van der Waals surface area contributed by atoms with Crippen LogP contribution in [-0.2, 0) is 28.4 Å². The molecule has 2 aliphatic heterocycles. The Labute approximate surface area is 147 Å². The SMILES string of the molecule is CCOCOC[C@@H]1[C@H](O)[C@H](OC)OC2COC(c3ccccc3)O[C@H]21. The fraction of sp³-hybridized carbons (Fsp3) is 0.667. The molecule has 2 heterocycles. The van der Waals surface area contributed by atoms with Gasteiger partial charge in [0.1, 0.15) is 19.0 Å². The van der Waals surface area contributed by atoms with Crippen LogP contribution >= 0.6 is 0 Å². The van der Waals surface area contributed by atoms with E-state index in [4.69, 9.17) is 28.4 Å². The van der Waals surface area contributed by atoms with Gasteiger partial charge in [0.15, 0.2) is 12.6 Å². The van der Waals surface area contributed by atoms with Gasteiger partial charge in [-0.05, 0) is 6.92 Å². The summed E-state index contributed by atoms with van der Waals surface area (Å²) in [5, 5.41) is 10.6. The van der Waals surface area contributed by atoms with E-state index in [2.05, 4.69) is 0 Å². The lowest BCUT2D eigenvalue weighted by atomic mass is 9.89. The number of benzene rings is 1. The van der Waals surface area contributed by atoms with Crippen molar-refractivity contribution in [1.29, 1.82) is 0 Å². The molecule has 3 rings (SSSR count). The zero-order valence-electron chi connectivity index (χ0n) is 14.6. The molecule has 7 nitrogen and oxygen atoms in total. The van der Waals surface area contributed by atoms with Crippen LogP contribution in [0.5, 0.6) is 0 Å². The fourth-order valence-electron chi connectivity index (χ4n) is 3.19. The van der Waals surface area contributed by atoms with Crippen molar-refractivity contribution in [3.05, 3.63) is 35.9 Å². The highest BCUT2D eigenvalue weighted by Crippen LogP contribution is 2.37. The van der Waals surface area contributed by atoms with Crippen LogP contribution in [-0.4, -0.2) is 63.4 Å². The molecule has 6 atom stereocenters. The molecule has 0 saturated carbocycles. The average molecular weight is 354 g/mol. The monoisotopic (exact) mass is 354 g/mol. The van der Waals surface area contributed by atoms with Gasteiger partial charge in [-0.1, -0.05) is 30.3 Å². The number of ether oxygens (including phenoxy) is 6. The Bertz CT molecular complexity index is 511. The van der Waals surface area contributed by atoms with E-state index in [9.17, 15) is 5.11 Å². The van der Waals surface area contributed by atoms with Crippen LogP contribution in [0.15, 0.2) is 30.3 Å². The number of hydrogen-bond donors (Lipinski definition) is 1. The van der Waals surface area contributed by atoms with Crippen LogP contribution in [0.3, 0.4) is 0 Å². The van der Waals surface area contributed by atoms with Crippen LogP contribution in [0.25, 0.3) is 0 Å². The molecular formula is C18H26O7. The van der Waals surface area contributed by atoms with Crippen molar-refractivity contribution in [2.75, 3.05) is 33.7 Å². The van der Waals surface area contributed by atoms with E-state index in [1.165, 1.54) is 7.11 Å². The summed E-state index contributed by atoms with van der Waals surface area (Å²) in [5.41, 5.74) is 0.929. The van der Waals surface area contributed by atoms with E-state index in [-0.39, 0.29) is 31.5 Å². The molecule has 0 bridgehead atoms. The van der Waals surface area contributed by atoms with E-state index < -0.39 is 18.7 Å². The molecule has 0 radical (unpaired) electrons. The summed E-state index contributed by atoms with van der Waals surface area (Å²) in [7, 11) is 1.50. The van der Waals surface area contributed by atoms with Crippen molar-refractivity contribution >= 4 is 0 Å². The Morgan fingerprint density at radius 2 is 1.96 bits per heavy atom. The number of aliphatic hydroxyl groups is 1. The van der Waals surface area contributed by atoms with E-state index in [0.717, 1.165) is 5.56 Å². The Balaban J connectivity index is 1.70. The quantitative estimate of drug-likeness (QED) is 0.587. The number of fused-ring (bicyclic) bond motifs is 1. The highest BCUT2D eigenvalue weighted by atomic mass is 16.7. The summed E-state index contributed by atoms with van der Waals surface area (Å²) in [6.07, 6.45) is -2.77. The predicted octanol–water partition coefficient (Wildman–Crippen LogP) is 1.46. The first-order valence-corrected chi connectivity index (χ1v) is 8.58. The van der Waals surface area contributed by atoms with E-state index in [1.807, 2.05) is 37.3 Å². The van der Waals surface area contributed by atoms with Gasteiger partial charge in [-0.25, -0.2) is 0 Å². The van der Waals surface area contributed by atoms with Crippen LogP contribution in [0.1, 0.15) is 18.8 Å². The van der Waals surface area contributed by atoms with Gasteiger partial charge >= 0.3 is 0 Å². The van der Waals surface area contributed by atoms with Crippen molar-refractivity contribution in [3.63, 3.8) is 0 Å². The second kappa shape index (κ2) is 9.05. The highest BCUT2D eigenvalue weighted by molar-refractivity contribution is 5.16. The fourth-order valence-corrected chi connectivity index (χ4v) is 3.19. The highest BCUT2D eigenvalue weighted by Gasteiger charge is 2.49. The van der Waals surface area contributed by atoms with Gasteiger partial charge < -0.3 is 33.5 Å². The Kier molecular flexibility index (Phi) is 6.77. The Hall–Kier alpha value is -1.06. The van der Waals surface area contributed by atoms with Gasteiger partial charge in [-0.3, -0.25) is 0 Å². The van der Waals surface area contributed by atoms with Crippen LogP contribution < -0.4 is 0 Å². The maximum Gasteiger partial charge on any atom is 0.184 e. The number of hydrogen-bond acceptors (Lipinski definition) is 7. The van der Waals surface area contributed by atoms with Gasteiger partial charge in [0, 0.05) is 25.2 Å². The first-order chi connectivity index (χ1) is 12.2. The Morgan fingerprint density at radius 3 is 2.68 bits per heavy atom. The molecular weight excluding hydrogens is 328 g/mol. The van der Waals surface area contributed by atoms with E-state index in [0.29, 0.717) is 13.2 Å². The molecule has 1 aromatic rings. The largest absolute Gasteiger partial charge is 0.387 e. The molecule has 25 heavy (non-hydrogen) atoms. The maximum absolute atomic E-state index is 10.6. The smallest absolute Gasteiger partial charge is 0.184 e. The zero-order chi connectivity index (χ0) is 17.6. The van der Waals surface area contributed by atoms with Crippen molar-refractivity contribution in [2.45, 2.75) is 37.8 Å². The molecule has 1 N–H and O–H groups in total. The van der Waals surface area contributed by atoms with Crippen LogP contribution in [0, 0.1) is 5.92 Å². The number of aliphatic hydroxyl groups excluding tert-OH is 1. The molecule has 7 heteroatoms. The van der Waals surface area contributed by atoms with Crippen molar-refractivity contribution < 1.29 is 33.5 Å². The van der Waals surface area contributed by atoms with Crippen molar-refractivity contribution in [2.24, 2.45) is 5.92 Å².